The number of nitrogens with zero attached hydrogens (tertiary/aromatic N) is 2. The summed E-state index contributed by atoms with van der Waals surface area (Å²) in [6.07, 6.45) is 1.27. The van der Waals surface area contributed by atoms with Gasteiger partial charge in [-0.15, -0.1) is 0 Å². The molecule has 0 saturated carbocycles. The minimum atomic E-state index is -0.514. The normalized spacial score (nSPS) is 22.8. The van der Waals surface area contributed by atoms with E-state index in [1.807, 2.05) is 24.3 Å². The summed E-state index contributed by atoms with van der Waals surface area (Å²) in [5.74, 6) is 0.216. The van der Waals surface area contributed by atoms with Crippen LogP contribution in [-0.2, 0) is 6.54 Å². The molecule has 0 aromatic heterocycles. The third kappa shape index (κ3) is 3.28. The Hall–Kier alpha value is -1.93. The van der Waals surface area contributed by atoms with Crippen molar-refractivity contribution in [3.63, 3.8) is 0 Å². The molecule has 2 aromatic rings. The molecule has 2 heterocycles. The number of likely N-dealkylation sites (tertiary alicyclic amines) is 1. The smallest absolute Gasteiger partial charge is 0.141 e. The monoisotopic (exact) mass is 355 g/mol. The molecule has 2 unspecified atom stereocenters. The Morgan fingerprint density at radius 1 is 1.28 bits per heavy atom. The van der Waals surface area contributed by atoms with E-state index in [9.17, 15) is 4.39 Å². The summed E-state index contributed by atoms with van der Waals surface area (Å²) in [7, 11) is 0. The lowest BCUT2D eigenvalue weighted by molar-refractivity contribution is 0.185. The van der Waals surface area contributed by atoms with E-state index >= 15 is 0 Å². The second kappa shape index (κ2) is 6.76. The highest BCUT2D eigenvalue weighted by atomic mass is 35.5. The van der Waals surface area contributed by atoms with Gasteiger partial charge < -0.3 is 5.32 Å². The predicted octanol–water partition coefficient (Wildman–Crippen LogP) is 3.81. The third-order valence-corrected chi connectivity index (χ3v) is 5.63. The molecule has 0 radical (unpaired) electrons. The van der Waals surface area contributed by atoms with Gasteiger partial charge in [-0.2, -0.15) is 5.26 Å². The molecular weight excluding hydrogens is 337 g/mol. The van der Waals surface area contributed by atoms with Gasteiger partial charge in [-0.3, -0.25) is 4.90 Å². The van der Waals surface area contributed by atoms with Crippen molar-refractivity contribution in [2.24, 2.45) is 5.92 Å². The molecule has 0 spiro atoms. The van der Waals surface area contributed by atoms with Crippen LogP contribution in [0.25, 0.3) is 11.1 Å². The average Bonchev–Trinajstić information content (AvgIpc) is 2.95. The Kier molecular flexibility index (Phi) is 4.47. The summed E-state index contributed by atoms with van der Waals surface area (Å²) in [4.78, 5) is 2.45. The van der Waals surface area contributed by atoms with Gasteiger partial charge >= 0.3 is 0 Å². The lowest BCUT2D eigenvalue weighted by Gasteiger charge is -2.31. The highest BCUT2D eigenvalue weighted by molar-refractivity contribution is 6.34. The van der Waals surface area contributed by atoms with Crippen LogP contribution in [-0.4, -0.2) is 30.6 Å². The van der Waals surface area contributed by atoms with E-state index in [1.165, 1.54) is 18.6 Å². The zero-order valence-corrected chi connectivity index (χ0v) is 14.6. The fraction of sp³-hybridized carbons (Fsp3) is 0.350. The van der Waals surface area contributed by atoms with Gasteiger partial charge in [0.1, 0.15) is 11.9 Å². The van der Waals surface area contributed by atoms with Crippen LogP contribution in [0.3, 0.4) is 0 Å². The number of halogens is 2. The number of fused-ring (bicyclic) bond motifs is 2. The maximum atomic E-state index is 14.0. The highest BCUT2D eigenvalue weighted by Gasteiger charge is 2.32. The maximum absolute atomic E-state index is 14.0. The van der Waals surface area contributed by atoms with Crippen molar-refractivity contribution >= 4 is 11.6 Å². The molecule has 3 nitrogen and oxygen atoms in total. The molecule has 2 aromatic carbocycles. The van der Waals surface area contributed by atoms with Crippen molar-refractivity contribution in [3.05, 3.63) is 58.4 Å². The molecule has 5 heteroatoms. The molecule has 2 aliphatic heterocycles. The first-order valence-electron chi connectivity index (χ1n) is 8.57. The molecule has 2 aliphatic rings. The standard InChI is InChI=1S/C20H19ClFN3/c21-20-16(11-25-10-13-6-17(12-25)24-9-13)2-1-3-18(20)14-4-5-15(8-23)19(22)7-14/h1-5,7,13,17,24H,6,9-12H2. The van der Waals surface area contributed by atoms with Crippen molar-refractivity contribution < 1.29 is 4.39 Å². The Labute approximate surface area is 152 Å². The van der Waals surface area contributed by atoms with Crippen molar-refractivity contribution in [1.82, 2.24) is 10.2 Å². The van der Waals surface area contributed by atoms with Crippen LogP contribution < -0.4 is 5.32 Å². The Balaban J connectivity index is 1.60. The molecule has 0 amide bonds. The zero-order valence-electron chi connectivity index (χ0n) is 13.8. The van der Waals surface area contributed by atoms with E-state index in [2.05, 4.69) is 10.2 Å². The first-order valence-corrected chi connectivity index (χ1v) is 8.95. The number of rotatable bonds is 3. The van der Waals surface area contributed by atoms with Crippen LogP contribution in [0, 0.1) is 23.1 Å². The SMILES string of the molecule is N#Cc1ccc(-c2cccc(CN3CC4CNC(C4)C3)c2Cl)cc1F. The first-order chi connectivity index (χ1) is 12.1. The number of piperidine rings is 1. The first kappa shape index (κ1) is 16.5. The summed E-state index contributed by atoms with van der Waals surface area (Å²) in [5.41, 5.74) is 2.61. The van der Waals surface area contributed by atoms with Crippen molar-refractivity contribution in [2.45, 2.75) is 19.0 Å². The molecule has 2 bridgehead atoms. The average molecular weight is 356 g/mol. The van der Waals surface area contributed by atoms with E-state index in [0.29, 0.717) is 16.6 Å². The van der Waals surface area contributed by atoms with Gasteiger partial charge in [0.05, 0.1) is 10.6 Å². The van der Waals surface area contributed by atoms with E-state index in [-0.39, 0.29) is 5.56 Å². The highest BCUT2D eigenvalue weighted by Crippen LogP contribution is 2.33. The summed E-state index contributed by atoms with van der Waals surface area (Å²) in [6, 6.07) is 13.0. The van der Waals surface area contributed by atoms with Crippen molar-refractivity contribution in [3.8, 4) is 17.2 Å². The van der Waals surface area contributed by atoms with E-state index in [4.69, 9.17) is 16.9 Å². The Bertz CT molecular complexity index is 833. The minimum Gasteiger partial charge on any atom is -0.312 e. The summed E-state index contributed by atoms with van der Waals surface area (Å²) in [5, 5.41) is 13.1. The van der Waals surface area contributed by atoms with Gasteiger partial charge in [-0.25, -0.2) is 4.39 Å². The molecule has 2 atom stereocenters. The number of nitriles is 1. The zero-order chi connectivity index (χ0) is 17.4. The van der Waals surface area contributed by atoms with Gasteiger partial charge in [0, 0.05) is 31.2 Å². The Morgan fingerprint density at radius 2 is 2.16 bits per heavy atom. The number of hydrogen-bond acceptors (Lipinski definition) is 3. The third-order valence-electron chi connectivity index (χ3n) is 5.18. The van der Waals surface area contributed by atoms with Crippen molar-refractivity contribution in [1.29, 1.82) is 5.26 Å². The molecule has 2 saturated heterocycles. The van der Waals surface area contributed by atoms with E-state index in [1.54, 1.807) is 6.07 Å². The number of hydrogen-bond donors (Lipinski definition) is 1. The molecular formula is C20H19ClFN3. The van der Waals surface area contributed by atoms with E-state index < -0.39 is 5.82 Å². The van der Waals surface area contributed by atoms with Crippen LogP contribution in [0.15, 0.2) is 36.4 Å². The lowest BCUT2D eigenvalue weighted by Crippen LogP contribution is -2.40. The van der Waals surface area contributed by atoms with Crippen LogP contribution in [0.1, 0.15) is 17.5 Å². The fourth-order valence-electron chi connectivity index (χ4n) is 4.00. The van der Waals surface area contributed by atoms with Gasteiger partial charge in [-0.1, -0.05) is 35.9 Å². The van der Waals surface area contributed by atoms with Gasteiger partial charge in [0.2, 0.25) is 0 Å². The van der Waals surface area contributed by atoms with Gasteiger partial charge in [-0.05, 0) is 42.1 Å². The summed E-state index contributed by atoms with van der Waals surface area (Å²) in [6.45, 7) is 4.05. The second-order valence-electron chi connectivity index (χ2n) is 6.99. The molecule has 0 aliphatic carbocycles. The maximum Gasteiger partial charge on any atom is 0.141 e. The quantitative estimate of drug-likeness (QED) is 0.910. The van der Waals surface area contributed by atoms with Crippen molar-refractivity contribution in [2.75, 3.05) is 19.6 Å². The van der Waals surface area contributed by atoms with Gasteiger partial charge in [0.15, 0.2) is 0 Å². The molecule has 2 fully saturated rings. The number of benzene rings is 2. The molecule has 128 valence electrons. The van der Waals surface area contributed by atoms with Crippen LogP contribution >= 0.6 is 11.6 Å². The van der Waals surface area contributed by atoms with Crippen LogP contribution in [0.4, 0.5) is 4.39 Å². The topological polar surface area (TPSA) is 39.1 Å². The predicted molar refractivity (Wildman–Crippen MR) is 96.7 cm³/mol. The van der Waals surface area contributed by atoms with Crippen LogP contribution in [0.5, 0.6) is 0 Å². The number of nitrogens with one attached hydrogen (secondary N) is 1. The summed E-state index contributed by atoms with van der Waals surface area (Å²) < 4.78 is 14.0. The second-order valence-corrected chi connectivity index (χ2v) is 7.36. The molecule has 25 heavy (non-hydrogen) atoms. The molecule has 4 rings (SSSR count). The minimum absolute atomic E-state index is 0.0484. The van der Waals surface area contributed by atoms with Crippen LogP contribution in [0.2, 0.25) is 5.02 Å². The Morgan fingerprint density at radius 3 is 2.92 bits per heavy atom. The van der Waals surface area contributed by atoms with E-state index in [0.717, 1.165) is 43.2 Å². The van der Waals surface area contributed by atoms with Gasteiger partial charge in [0.25, 0.3) is 0 Å². The fourth-order valence-corrected chi connectivity index (χ4v) is 4.29. The largest absolute Gasteiger partial charge is 0.312 e. The molecule has 1 N–H and O–H groups in total. The lowest BCUT2D eigenvalue weighted by atomic mass is 9.98. The summed E-state index contributed by atoms with van der Waals surface area (Å²) >= 11 is 6.65.